The fraction of sp³-hybridized carbons (Fsp3) is 0.379. The van der Waals surface area contributed by atoms with Crippen LogP contribution in [0.4, 0.5) is 4.79 Å². The van der Waals surface area contributed by atoms with Crippen molar-refractivity contribution >= 4 is 29.0 Å². The number of carbonyl (C=O) groups excluding carboxylic acids is 2. The van der Waals surface area contributed by atoms with Crippen LogP contribution in [0.5, 0.6) is 11.5 Å². The zero-order chi connectivity index (χ0) is 24.8. The highest BCUT2D eigenvalue weighted by molar-refractivity contribution is 8.18. The van der Waals surface area contributed by atoms with Crippen LogP contribution in [0.2, 0.25) is 0 Å². The number of rotatable bonds is 9. The van der Waals surface area contributed by atoms with E-state index in [2.05, 4.69) is 25.6 Å². The molecule has 2 fully saturated rings. The van der Waals surface area contributed by atoms with Gasteiger partial charge >= 0.3 is 0 Å². The molecular weight excluding hydrogens is 458 g/mol. The quantitative estimate of drug-likeness (QED) is 0.281. The van der Waals surface area contributed by atoms with Gasteiger partial charge in [0.15, 0.2) is 11.5 Å². The van der Waals surface area contributed by atoms with E-state index in [0.717, 1.165) is 41.3 Å². The average Bonchev–Trinajstić information content (AvgIpc) is 3.12. The minimum atomic E-state index is -0.200. The lowest BCUT2D eigenvalue weighted by Gasteiger charge is -2.25. The van der Waals surface area contributed by atoms with Gasteiger partial charge < -0.3 is 9.47 Å². The molecule has 1 saturated heterocycles. The zero-order valence-corrected chi connectivity index (χ0v) is 21.4. The van der Waals surface area contributed by atoms with Crippen LogP contribution in [0.1, 0.15) is 54.4 Å². The SMILES string of the molecule is C=CCc1cc(/C=C2/SC(=O)N(CC3CCCCC3)C2=O)cc(OC)c1OCc1ccc(C)cc1. The van der Waals surface area contributed by atoms with Gasteiger partial charge in [0.25, 0.3) is 11.1 Å². The largest absolute Gasteiger partial charge is 0.493 e. The van der Waals surface area contributed by atoms with Gasteiger partial charge in [-0.1, -0.05) is 55.2 Å². The molecule has 6 heteroatoms. The van der Waals surface area contributed by atoms with E-state index in [-0.39, 0.29) is 11.1 Å². The summed E-state index contributed by atoms with van der Waals surface area (Å²) in [6.07, 6.45) is 9.98. The zero-order valence-electron chi connectivity index (χ0n) is 20.5. The van der Waals surface area contributed by atoms with Gasteiger partial charge in [-0.25, -0.2) is 0 Å². The molecule has 1 aliphatic carbocycles. The van der Waals surface area contributed by atoms with E-state index in [1.54, 1.807) is 13.2 Å². The number of methoxy groups -OCH3 is 1. The summed E-state index contributed by atoms with van der Waals surface area (Å²) in [5.74, 6) is 1.47. The van der Waals surface area contributed by atoms with E-state index in [1.165, 1.54) is 29.7 Å². The molecule has 0 spiro atoms. The van der Waals surface area contributed by atoms with Crippen molar-refractivity contribution in [2.45, 2.75) is 52.1 Å². The first kappa shape index (κ1) is 25.1. The Kier molecular flexibility index (Phi) is 8.34. The Morgan fingerprint density at radius 1 is 1.11 bits per heavy atom. The number of imide groups is 1. The summed E-state index contributed by atoms with van der Waals surface area (Å²) in [6, 6.07) is 12.0. The van der Waals surface area contributed by atoms with Crippen molar-refractivity contribution in [1.82, 2.24) is 4.90 Å². The fourth-order valence-corrected chi connectivity index (χ4v) is 5.51. The molecule has 0 N–H and O–H groups in total. The summed E-state index contributed by atoms with van der Waals surface area (Å²) < 4.78 is 11.8. The van der Waals surface area contributed by atoms with Gasteiger partial charge in [0.05, 0.1) is 12.0 Å². The van der Waals surface area contributed by atoms with E-state index < -0.39 is 0 Å². The summed E-state index contributed by atoms with van der Waals surface area (Å²) in [5, 5.41) is -0.178. The maximum atomic E-state index is 13.1. The molecule has 2 aromatic rings. The summed E-state index contributed by atoms with van der Waals surface area (Å²) in [6.45, 7) is 6.88. The highest BCUT2D eigenvalue weighted by Gasteiger charge is 2.36. The van der Waals surface area contributed by atoms with Gasteiger partial charge in [-0.05, 0) is 73.2 Å². The Balaban J connectivity index is 1.55. The van der Waals surface area contributed by atoms with Crippen LogP contribution < -0.4 is 9.47 Å². The monoisotopic (exact) mass is 491 g/mol. The molecule has 1 saturated carbocycles. The van der Waals surface area contributed by atoms with Gasteiger partial charge in [-0.15, -0.1) is 6.58 Å². The van der Waals surface area contributed by atoms with E-state index >= 15 is 0 Å². The van der Waals surface area contributed by atoms with Crippen molar-refractivity contribution in [1.29, 1.82) is 0 Å². The molecule has 0 bridgehead atoms. The summed E-state index contributed by atoms with van der Waals surface area (Å²) in [4.78, 5) is 27.5. The molecule has 5 nitrogen and oxygen atoms in total. The van der Waals surface area contributed by atoms with Crippen molar-refractivity contribution in [3.05, 3.63) is 76.2 Å². The number of aryl methyl sites for hydroxylation is 1. The highest BCUT2D eigenvalue weighted by atomic mass is 32.2. The number of hydrogen-bond acceptors (Lipinski definition) is 5. The second kappa shape index (κ2) is 11.6. The van der Waals surface area contributed by atoms with Gasteiger partial charge in [0, 0.05) is 12.1 Å². The molecule has 0 atom stereocenters. The minimum absolute atomic E-state index is 0.178. The van der Waals surface area contributed by atoms with Crippen LogP contribution in [0.15, 0.2) is 54.0 Å². The third-order valence-electron chi connectivity index (χ3n) is 6.58. The summed E-state index contributed by atoms with van der Waals surface area (Å²) in [7, 11) is 1.60. The molecule has 4 rings (SSSR count). The van der Waals surface area contributed by atoms with Crippen LogP contribution in [0.3, 0.4) is 0 Å². The molecule has 35 heavy (non-hydrogen) atoms. The second-order valence-electron chi connectivity index (χ2n) is 9.27. The van der Waals surface area contributed by atoms with Gasteiger partial charge in [-0.2, -0.15) is 0 Å². The molecule has 184 valence electrons. The number of hydrogen-bond donors (Lipinski definition) is 0. The number of thioether (sulfide) groups is 1. The van der Waals surface area contributed by atoms with Crippen LogP contribution in [-0.4, -0.2) is 29.7 Å². The first-order valence-corrected chi connectivity index (χ1v) is 13.1. The Morgan fingerprint density at radius 2 is 1.86 bits per heavy atom. The maximum Gasteiger partial charge on any atom is 0.293 e. The molecule has 0 aromatic heterocycles. The van der Waals surface area contributed by atoms with Crippen LogP contribution >= 0.6 is 11.8 Å². The van der Waals surface area contributed by atoms with Gasteiger partial charge in [-0.3, -0.25) is 14.5 Å². The van der Waals surface area contributed by atoms with Crippen molar-refractivity contribution < 1.29 is 19.1 Å². The molecule has 0 radical (unpaired) electrons. The smallest absolute Gasteiger partial charge is 0.293 e. The number of carbonyl (C=O) groups is 2. The van der Waals surface area contributed by atoms with Crippen molar-refractivity contribution in [2.24, 2.45) is 5.92 Å². The normalized spacial score (nSPS) is 17.8. The molecular formula is C29H33NO4S. The third-order valence-corrected chi connectivity index (χ3v) is 7.49. The number of amides is 2. The van der Waals surface area contributed by atoms with Crippen LogP contribution in [0, 0.1) is 12.8 Å². The van der Waals surface area contributed by atoms with Crippen LogP contribution in [0.25, 0.3) is 6.08 Å². The molecule has 1 heterocycles. The first-order valence-electron chi connectivity index (χ1n) is 12.2. The van der Waals surface area contributed by atoms with E-state index in [4.69, 9.17) is 9.47 Å². The van der Waals surface area contributed by atoms with Crippen molar-refractivity contribution in [2.75, 3.05) is 13.7 Å². The van der Waals surface area contributed by atoms with Gasteiger partial charge in [0.1, 0.15) is 6.61 Å². The lowest BCUT2D eigenvalue weighted by Crippen LogP contribution is -2.34. The minimum Gasteiger partial charge on any atom is -0.493 e. The second-order valence-corrected chi connectivity index (χ2v) is 10.3. The topological polar surface area (TPSA) is 55.8 Å². The molecule has 2 aliphatic rings. The van der Waals surface area contributed by atoms with E-state index in [9.17, 15) is 9.59 Å². The lowest BCUT2D eigenvalue weighted by atomic mass is 9.89. The Bertz CT molecular complexity index is 1120. The first-order chi connectivity index (χ1) is 17.0. The number of benzene rings is 2. The lowest BCUT2D eigenvalue weighted by molar-refractivity contribution is -0.123. The fourth-order valence-electron chi connectivity index (χ4n) is 4.67. The van der Waals surface area contributed by atoms with Crippen LogP contribution in [-0.2, 0) is 17.8 Å². The average molecular weight is 492 g/mol. The maximum absolute atomic E-state index is 13.1. The standard InChI is InChI=1S/C29H33NO4S/c1-4-8-24-15-23(16-25(33-3)27(24)34-19-22-13-11-20(2)12-14-22)17-26-28(31)30(29(32)35-26)18-21-9-6-5-7-10-21/h4,11-17,21H,1,5-10,18-19H2,2-3H3/b26-17+. The molecule has 2 aromatic carbocycles. The van der Waals surface area contributed by atoms with Gasteiger partial charge in [0.2, 0.25) is 0 Å². The number of ether oxygens (including phenoxy) is 2. The van der Waals surface area contributed by atoms with Crippen molar-refractivity contribution in [3.63, 3.8) is 0 Å². The number of allylic oxidation sites excluding steroid dienone is 1. The Morgan fingerprint density at radius 3 is 2.54 bits per heavy atom. The summed E-state index contributed by atoms with van der Waals surface area (Å²) in [5.41, 5.74) is 3.98. The Labute approximate surface area is 212 Å². The summed E-state index contributed by atoms with van der Waals surface area (Å²) >= 11 is 1.02. The highest BCUT2D eigenvalue weighted by Crippen LogP contribution is 2.38. The molecule has 2 amide bonds. The Hall–Kier alpha value is -2.99. The molecule has 1 aliphatic heterocycles. The van der Waals surface area contributed by atoms with E-state index in [0.29, 0.717) is 41.9 Å². The molecule has 0 unspecified atom stereocenters. The van der Waals surface area contributed by atoms with E-state index in [1.807, 2.05) is 30.3 Å². The van der Waals surface area contributed by atoms with Crippen molar-refractivity contribution in [3.8, 4) is 11.5 Å². The predicted molar refractivity (Wildman–Crippen MR) is 142 cm³/mol. The predicted octanol–water partition coefficient (Wildman–Crippen LogP) is 6.93. The number of nitrogens with zero attached hydrogens (tertiary/aromatic N) is 1. The third kappa shape index (κ3) is 6.17.